The molecule has 1 atom stereocenters. The first-order valence-corrected chi connectivity index (χ1v) is 3.19. The van der Waals surface area contributed by atoms with Gasteiger partial charge in [0.1, 0.15) is 0 Å². The first kappa shape index (κ1) is 8.43. The van der Waals surface area contributed by atoms with Crippen LogP contribution in [-0.4, -0.2) is 19.0 Å². The van der Waals surface area contributed by atoms with Gasteiger partial charge in [-0.1, -0.05) is 13.3 Å². The van der Waals surface area contributed by atoms with E-state index in [1.165, 1.54) is 0 Å². The lowest BCUT2D eigenvalue weighted by Crippen LogP contribution is -2.38. The molecule has 0 aliphatic carbocycles. The highest BCUT2D eigenvalue weighted by atomic mass is 16.1. The third-order valence-corrected chi connectivity index (χ3v) is 1.27. The lowest BCUT2D eigenvalue weighted by atomic mass is 10.1. The Labute approximate surface area is 55.6 Å². The molecule has 9 heavy (non-hydrogen) atoms. The maximum atomic E-state index is 10.5. The minimum Gasteiger partial charge on any atom is -0.368 e. The average molecular weight is 130 g/mol. The molecule has 0 aromatic heterocycles. The molecule has 0 fully saturated rings. The molecule has 0 saturated heterocycles. The third kappa shape index (κ3) is 3.08. The van der Waals surface area contributed by atoms with E-state index >= 15 is 0 Å². The molecule has 54 valence electrons. The Hall–Kier alpha value is -0.570. The Morgan fingerprint density at radius 2 is 2.33 bits per heavy atom. The number of likely N-dealkylation sites (N-methyl/N-ethyl adjacent to an activating group) is 1. The molecule has 0 heterocycles. The van der Waals surface area contributed by atoms with Gasteiger partial charge in [-0.2, -0.15) is 0 Å². The molecule has 0 aliphatic heterocycles. The van der Waals surface area contributed by atoms with Crippen molar-refractivity contribution in [1.29, 1.82) is 0 Å². The Bertz CT molecular complexity index is 93.1. The second-order valence-electron chi connectivity index (χ2n) is 2.03. The van der Waals surface area contributed by atoms with Gasteiger partial charge in [-0.15, -0.1) is 0 Å². The zero-order valence-corrected chi connectivity index (χ0v) is 5.98. The number of primary amides is 1. The van der Waals surface area contributed by atoms with E-state index in [4.69, 9.17) is 5.73 Å². The van der Waals surface area contributed by atoms with Crippen molar-refractivity contribution in [2.75, 3.05) is 7.05 Å². The Morgan fingerprint density at radius 3 is 2.44 bits per heavy atom. The first-order valence-electron chi connectivity index (χ1n) is 3.19. The van der Waals surface area contributed by atoms with Crippen LogP contribution in [0, 0.1) is 0 Å². The molecular weight excluding hydrogens is 116 g/mol. The van der Waals surface area contributed by atoms with Crippen LogP contribution in [0.4, 0.5) is 0 Å². The number of hydrogen-bond acceptors (Lipinski definition) is 2. The van der Waals surface area contributed by atoms with Crippen LogP contribution < -0.4 is 11.1 Å². The number of hydrogen-bond donors (Lipinski definition) is 2. The first-order chi connectivity index (χ1) is 4.22. The van der Waals surface area contributed by atoms with Gasteiger partial charge in [-0.25, -0.2) is 0 Å². The predicted molar refractivity (Wildman–Crippen MR) is 37.0 cm³/mol. The van der Waals surface area contributed by atoms with Crippen molar-refractivity contribution in [3.05, 3.63) is 0 Å². The van der Waals surface area contributed by atoms with Gasteiger partial charge in [0, 0.05) is 0 Å². The molecule has 0 spiro atoms. The minimum absolute atomic E-state index is 0.144. The number of carbonyl (C=O) groups is 1. The molecule has 3 heteroatoms. The van der Waals surface area contributed by atoms with Crippen molar-refractivity contribution >= 4 is 5.91 Å². The molecule has 3 N–H and O–H groups in total. The van der Waals surface area contributed by atoms with Gasteiger partial charge in [0.2, 0.25) is 5.91 Å². The smallest absolute Gasteiger partial charge is 0.234 e. The standard InChI is InChI=1S/C6H14N2O/c1-3-4-5(8-2)6(7)9/h5,8H,3-4H2,1-2H3,(H2,7,9). The van der Waals surface area contributed by atoms with E-state index in [0.717, 1.165) is 12.8 Å². The number of amides is 1. The van der Waals surface area contributed by atoms with Crippen LogP contribution in [0.25, 0.3) is 0 Å². The average Bonchev–Trinajstić information content (AvgIpc) is 1.82. The Balaban J connectivity index is 3.54. The summed E-state index contributed by atoms with van der Waals surface area (Å²) in [5, 5.41) is 2.83. The molecule has 0 rings (SSSR count). The van der Waals surface area contributed by atoms with Crippen LogP contribution in [0.3, 0.4) is 0 Å². The monoisotopic (exact) mass is 130 g/mol. The van der Waals surface area contributed by atoms with Crippen LogP contribution in [0.2, 0.25) is 0 Å². The topological polar surface area (TPSA) is 55.1 Å². The largest absolute Gasteiger partial charge is 0.368 e. The second kappa shape index (κ2) is 4.32. The summed E-state index contributed by atoms with van der Waals surface area (Å²) >= 11 is 0. The van der Waals surface area contributed by atoms with Crippen LogP contribution in [0.1, 0.15) is 19.8 Å². The van der Waals surface area contributed by atoms with Gasteiger partial charge in [-0.05, 0) is 13.5 Å². The van der Waals surface area contributed by atoms with Gasteiger partial charge in [0.05, 0.1) is 6.04 Å². The predicted octanol–water partition coefficient (Wildman–Crippen LogP) is -0.140. The number of rotatable bonds is 4. The summed E-state index contributed by atoms with van der Waals surface area (Å²) in [5.74, 6) is -0.264. The van der Waals surface area contributed by atoms with Crippen molar-refractivity contribution in [3.8, 4) is 0 Å². The van der Waals surface area contributed by atoms with E-state index in [-0.39, 0.29) is 11.9 Å². The van der Waals surface area contributed by atoms with Gasteiger partial charge in [-0.3, -0.25) is 4.79 Å². The quantitative estimate of drug-likeness (QED) is 0.556. The minimum atomic E-state index is -0.264. The zero-order chi connectivity index (χ0) is 7.28. The fraction of sp³-hybridized carbons (Fsp3) is 0.833. The van der Waals surface area contributed by atoms with E-state index in [9.17, 15) is 4.79 Å². The van der Waals surface area contributed by atoms with Crippen molar-refractivity contribution < 1.29 is 4.79 Å². The Kier molecular flexibility index (Phi) is 4.05. The highest BCUT2D eigenvalue weighted by molar-refractivity contribution is 5.79. The molecule has 0 radical (unpaired) electrons. The van der Waals surface area contributed by atoms with E-state index in [1.54, 1.807) is 7.05 Å². The maximum Gasteiger partial charge on any atom is 0.234 e. The summed E-state index contributed by atoms with van der Waals surface area (Å²) in [6.45, 7) is 2.02. The zero-order valence-electron chi connectivity index (χ0n) is 5.98. The van der Waals surface area contributed by atoms with Crippen LogP contribution >= 0.6 is 0 Å². The summed E-state index contributed by atoms with van der Waals surface area (Å²) in [6, 6.07) is -0.144. The molecule has 0 saturated carbocycles. The number of nitrogens with two attached hydrogens (primary N) is 1. The van der Waals surface area contributed by atoms with Crippen molar-refractivity contribution in [2.45, 2.75) is 25.8 Å². The summed E-state index contributed by atoms with van der Waals surface area (Å²) in [5.41, 5.74) is 5.03. The van der Waals surface area contributed by atoms with Crippen LogP contribution in [0.5, 0.6) is 0 Å². The van der Waals surface area contributed by atoms with Crippen LogP contribution in [-0.2, 0) is 4.79 Å². The number of nitrogens with one attached hydrogen (secondary N) is 1. The molecule has 3 nitrogen and oxygen atoms in total. The van der Waals surface area contributed by atoms with Gasteiger partial charge >= 0.3 is 0 Å². The summed E-state index contributed by atoms with van der Waals surface area (Å²) in [7, 11) is 1.74. The van der Waals surface area contributed by atoms with Crippen molar-refractivity contribution in [2.24, 2.45) is 5.73 Å². The molecule has 1 amide bonds. The highest BCUT2D eigenvalue weighted by Gasteiger charge is 2.09. The van der Waals surface area contributed by atoms with Crippen molar-refractivity contribution in [1.82, 2.24) is 5.32 Å². The summed E-state index contributed by atoms with van der Waals surface area (Å²) < 4.78 is 0. The maximum absolute atomic E-state index is 10.5. The number of carbonyl (C=O) groups excluding carboxylic acids is 1. The van der Waals surface area contributed by atoms with E-state index in [1.807, 2.05) is 6.92 Å². The SMILES string of the molecule is CCCC(NC)C(N)=O. The van der Waals surface area contributed by atoms with Gasteiger partial charge in [0.25, 0.3) is 0 Å². The summed E-state index contributed by atoms with van der Waals surface area (Å²) in [6.07, 6.45) is 1.81. The fourth-order valence-electron chi connectivity index (χ4n) is 0.718. The van der Waals surface area contributed by atoms with Gasteiger partial charge in [0.15, 0.2) is 0 Å². The fourth-order valence-corrected chi connectivity index (χ4v) is 0.718. The van der Waals surface area contributed by atoms with E-state index in [0.29, 0.717) is 0 Å². The second-order valence-corrected chi connectivity index (χ2v) is 2.03. The molecule has 1 unspecified atom stereocenters. The molecular formula is C6H14N2O. The van der Waals surface area contributed by atoms with Crippen LogP contribution in [0.15, 0.2) is 0 Å². The molecule has 0 aliphatic rings. The van der Waals surface area contributed by atoms with Crippen molar-refractivity contribution in [3.63, 3.8) is 0 Å². The van der Waals surface area contributed by atoms with Gasteiger partial charge < -0.3 is 11.1 Å². The lowest BCUT2D eigenvalue weighted by molar-refractivity contribution is -0.120. The molecule has 0 aromatic carbocycles. The highest BCUT2D eigenvalue weighted by Crippen LogP contribution is 1.93. The van der Waals surface area contributed by atoms with E-state index < -0.39 is 0 Å². The normalized spacial score (nSPS) is 13.1. The molecule has 0 aromatic rings. The molecule has 0 bridgehead atoms. The third-order valence-electron chi connectivity index (χ3n) is 1.27. The summed E-state index contributed by atoms with van der Waals surface area (Å²) in [4.78, 5) is 10.5. The Morgan fingerprint density at radius 1 is 1.78 bits per heavy atom. The lowest BCUT2D eigenvalue weighted by Gasteiger charge is -2.08. The van der Waals surface area contributed by atoms with E-state index in [2.05, 4.69) is 5.32 Å².